The molecule has 0 fully saturated rings. The number of rotatable bonds is 5. The van der Waals surface area contributed by atoms with Crippen LogP contribution >= 0.6 is 0 Å². The minimum absolute atomic E-state index is 0.123. The molecule has 0 aliphatic carbocycles. The van der Waals surface area contributed by atoms with Gasteiger partial charge in [0.1, 0.15) is 0 Å². The molecule has 0 heterocycles. The van der Waals surface area contributed by atoms with E-state index in [1.807, 2.05) is 0 Å². The first-order chi connectivity index (χ1) is 8.61. The monoisotopic (exact) mass is 246 g/mol. The van der Waals surface area contributed by atoms with Gasteiger partial charge in [0.05, 0.1) is 13.1 Å². The van der Waals surface area contributed by atoms with Crippen LogP contribution < -0.4 is 21.7 Å². The first kappa shape index (κ1) is 13.5. The molecule has 18 heavy (non-hydrogen) atoms. The highest BCUT2D eigenvalue weighted by Crippen LogP contribution is 2.14. The van der Waals surface area contributed by atoms with E-state index < -0.39 is 6.03 Å². The van der Waals surface area contributed by atoms with Gasteiger partial charge in [-0.25, -0.2) is 4.79 Å². The molecule has 0 spiro atoms. The molecule has 0 aromatic heterocycles. The standard InChI is InChI=1S/C12H14N4O2/c1-2-6-14-8-11(17)15-9-4-3-5-10(7-9)16-12(13)18/h1,3-5,7,14H,6,8H2,(H,15,17)(H3,13,16,18). The van der Waals surface area contributed by atoms with E-state index in [1.165, 1.54) is 0 Å². The molecule has 0 atom stereocenters. The molecule has 94 valence electrons. The Balaban J connectivity index is 2.54. The quantitative estimate of drug-likeness (QED) is 0.445. The van der Waals surface area contributed by atoms with E-state index in [1.54, 1.807) is 24.3 Å². The first-order valence-electron chi connectivity index (χ1n) is 5.22. The Kier molecular flexibility index (Phi) is 5.22. The van der Waals surface area contributed by atoms with Crippen molar-refractivity contribution in [2.75, 3.05) is 23.7 Å². The highest BCUT2D eigenvalue weighted by Gasteiger charge is 2.02. The van der Waals surface area contributed by atoms with Crippen molar-refractivity contribution in [2.24, 2.45) is 5.73 Å². The fourth-order valence-electron chi connectivity index (χ4n) is 1.27. The number of hydrogen-bond donors (Lipinski definition) is 4. The van der Waals surface area contributed by atoms with E-state index in [0.29, 0.717) is 17.9 Å². The van der Waals surface area contributed by atoms with Gasteiger partial charge in [-0.2, -0.15) is 0 Å². The average Bonchev–Trinajstić information content (AvgIpc) is 2.28. The number of carbonyl (C=O) groups is 2. The van der Waals surface area contributed by atoms with Crippen molar-refractivity contribution in [3.8, 4) is 12.3 Å². The van der Waals surface area contributed by atoms with Gasteiger partial charge in [0.2, 0.25) is 5.91 Å². The molecule has 0 saturated carbocycles. The van der Waals surface area contributed by atoms with Crippen molar-refractivity contribution in [3.63, 3.8) is 0 Å². The van der Waals surface area contributed by atoms with Crippen LogP contribution in [0.4, 0.5) is 16.2 Å². The number of nitrogens with two attached hydrogens (primary N) is 1. The largest absolute Gasteiger partial charge is 0.351 e. The van der Waals surface area contributed by atoms with Crippen molar-refractivity contribution in [1.82, 2.24) is 5.32 Å². The van der Waals surface area contributed by atoms with Gasteiger partial charge in [-0.05, 0) is 18.2 Å². The van der Waals surface area contributed by atoms with Gasteiger partial charge >= 0.3 is 6.03 Å². The smallest absolute Gasteiger partial charge is 0.316 e. The molecule has 6 nitrogen and oxygen atoms in total. The van der Waals surface area contributed by atoms with Crippen molar-refractivity contribution in [3.05, 3.63) is 24.3 Å². The number of anilines is 2. The second-order valence-corrected chi connectivity index (χ2v) is 3.43. The molecule has 1 aromatic rings. The normalized spacial score (nSPS) is 9.28. The fraction of sp³-hybridized carbons (Fsp3) is 0.167. The van der Waals surface area contributed by atoms with Gasteiger partial charge < -0.3 is 16.4 Å². The van der Waals surface area contributed by atoms with Crippen molar-refractivity contribution in [1.29, 1.82) is 0 Å². The van der Waals surface area contributed by atoms with E-state index in [4.69, 9.17) is 12.2 Å². The third-order valence-electron chi connectivity index (χ3n) is 1.93. The molecule has 3 amide bonds. The summed E-state index contributed by atoms with van der Waals surface area (Å²) in [5, 5.41) is 7.83. The third kappa shape index (κ3) is 5.01. The zero-order valence-electron chi connectivity index (χ0n) is 9.69. The zero-order valence-corrected chi connectivity index (χ0v) is 9.69. The van der Waals surface area contributed by atoms with E-state index in [9.17, 15) is 9.59 Å². The van der Waals surface area contributed by atoms with Gasteiger partial charge in [0.15, 0.2) is 0 Å². The number of terminal acetylenes is 1. The predicted octanol–water partition coefficient (Wildman–Crippen LogP) is 0.338. The van der Waals surface area contributed by atoms with Gasteiger partial charge in [0.25, 0.3) is 0 Å². The van der Waals surface area contributed by atoms with Crippen LogP contribution in [0.1, 0.15) is 0 Å². The minimum Gasteiger partial charge on any atom is -0.351 e. The predicted molar refractivity (Wildman–Crippen MR) is 70.0 cm³/mol. The highest BCUT2D eigenvalue weighted by atomic mass is 16.2. The molecule has 6 heteroatoms. The molecular weight excluding hydrogens is 232 g/mol. The van der Waals surface area contributed by atoms with E-state index in [-0.39, 0.29) is 12.5 Å². The van der Waals surface area contributed by atoms with E-state index in [2.05, 4.69) is 21.9 Å². The number of amides is 3. The number of hydrogen-bond acceptors (Lipinski definition) is 3. The lowest BCUT2D eigenvalue weighted by molar-refractivity contribution is -0.115. The maximum Gasteiger partial charge on any atom is 0.316 e. The summed E-state index contributed by atoms with van der Waals surface area (Å²) in [5.74, 6) is 2.14. The molecule has 0 bridgehead atoms. The number of nitrogens with one attached hydrogen (secondary N) is 3. The SMILES string of the molecule is C#CCNCC(=O)Nc1cccc(NC(N)=O)c1. The molecule has 5 N–H and O–H groups in total. The Labute approximate surface area is 105 Å². The fourth-order valence-corrected chi connectivity index (χ4v) is 1.27. The van der Waals surface area contributed by atoms with Gasteiger partial charge in [0, 0.05) is 11.4 Å². The van der Waals surface area contributed by atoms with Crippen molar-refractivity contribution in [2.45, 2.75) is 0 Å². The Morgan fingerprint density at radius 1 is 1.28 bits per heavy atom. The summed E-state index contributed by atoms with van der Waals surface area (Å²) in [5.41, 5.74) is 6.07. The minimum atomic E-state index is -0.658. The van der Waals surface area contributed by atoms with Gasteiger partial charge in [-0.15, -0.1) is 6.42 Å². The molecule has 0 radical (unpaired) electrons. The van der Waals surface area contributed by atoms with Crippen LogP contribution in [0, 0.1) is 12.3 Å². The lowest BCUT2D eigenvalue weighted by Crippen LogP contribution is -2.28. The summed E-state index contributed by atoms with van der Waals surface area (Å²) in [6.45, 7) is 0.453. The Hall–Kier alpha value is -2.52. The lowest BCUT2D eigenvalue weighted by Gasteiger charge is -2.07. The lowest BCUT2D eigenvalue weighted by atomic mass is 10.2. The van der Waals surface area contributed by atoms with E-state index >= 15 is 0 Å². The van der Waals surface area contributed by atoms with Crippen LogP contribution in [-0.4, -0.2) is 25.0 Å². The van der Waals surface area contributed by atoms with Crippen LogP contribution in [0.25, 0.3) is 0 Å². The first-order valence-corrected chi connectivity index (χ1v) is 5.22. The maximum atomic E-state index is 11.5. The molecular formula is C12H14N4O2. The molecule has 1 aromatic carbocycles. The van der Waals surface area contributed by atoms with Crippen LogP contribution in [0.15, 0.2) is 24.3 Å². The van der Waals surface area contributed by atoms with Gasteiger partial charge in [-0.1, -0.05) is 12.0 Å². The summed E-state index contributed by atoms with van der Waals surface area (Å²) >= 11 is 0. The third-order valence-corrected chi connectivity index (χ3v) is 1.93. The van der Waals surface area contributed by atoms with Crippen LogP contribution in [0.2, 0.25) is 0 Å². The number of urea groups is 1. The number of carbonyl (C=O) groups excluding carboxylic acids is 2. The highest BCUT2D eigenvalue weighted by molar-refractivity contribution is 5.94. The Morgan fingerprint density at radius 3 is 2.56 bits per heavy atom. The van der Waals surface area contributed by atoms with Gasteiger partial charge in [-0.3, -0.25) is 10.1 Å². The Morgan fingerprint density at radius 2 is 1.94 bits per heavy atom. The van der Waals surface area contributed by atoms with Crippen LogP contribution in [-0.2, 0) is 4.79 Å². The van der Waals surface area contributed by atoms with Crippen molar-refractivity contribution < 1.29 is 9.59 Å². The maximum absolute atomic E-state index is 11.5. The summed E-state index contributed by atoms with van der Waals surface area (Å²) in [6, 6.07) is 6.00. The summed E-state index contributed by atoms with van der Waals surface area (Å²) in [6.07, 6.45) is 5.04. The molecule has 0 unspecified atom stereocenters. The summed E-state index contributed by atoms with van der Waals surface area (Å²) in [7, 11) is 0. The summed E-state index contributed by atoms with van der Waals surface area (Å²) in [4.78, 5) is 22.1. The number of benzene rings is 1. The summed E-state index contributed by atoms with van der Waals surface area (Å²) < 4.78 is 0. The zero-order chi connectivity index (χ0) is 13.4. The van der Waals surface area contributed by atoms with Crippen LogP contribution in [0.3, 0.4) is 0 Å². The van der Waals surface area contributed by atoms with Crippen molar-refractivity contribution >= 4 is 23.3 Å². The molecule has 1 rings (SSSR count). The molecule has 0 saturated heterocycles. The van der Waals surface area contributed by atoms with Crippen LogP contribution in [0.5, 0.6) is 0 Å². The molecule has 0 aliphatic rings. The average molecular weight is 246 g/mol. The topological polar surface area (TPSA) is 96.2 Å². The molecule has 0 aliphatic heterocycles. The van der Waals surface area contributed by atoms with E-state index in [0.717, 1.165) is 0 Å². The second-order valence-electron chi connectivity index (χ2n) is 3.43. The number of primary amides is 1. The Bertz CT molecular complexity index is 479. The second kappa shape index (κ2) is 6.93.